The Morgan fingerprint density at radius 2 is 1.24 bits per heavy atom. The summed E-state index contributed by atoms with van der Waals surface area (Å²) >= 11 is 0. The van der Waals surface area contributed by atoms with Gasteiger partial charge in [0, 0.05) is 12.4 Å². The summed E-state index contributed by atoms with van der Waals surface area (Å²) in [5.74, 6) is 1.53. The Bertz CT molecular complexity index is 1640. The van der Waals surface area contributed by atoms with E-state index in [0.29, 0.717) is 12.6 Å². The van der Waals surface area contributed by atoms with E-state index in [1.165, 1.54) is 45.6 Å². The maximum Gasteiger partial charge on any atom is 0.212 e. The van der Waals surface area contributed by atoms with Gasteiger partial charge in [0.2, 0.25) is 6.71 Å². The number of aromatic nitrogens is 2. The molecule has 1 fully saturated rings. The zero-order valence-corrected chi connectivity index (χ0v) is 28.0. The van der Waals surface area contributed by atoms with Gasteiger partial charge in [0.1, 0.15) is 0 Å². The van der Waals surface area contributed by atoms with Crippen LogP contribution in [-0.4, -0.2) is 25.8 Å². The van der Waals surface area contributed by atoms with Gasteiger partial charge in [-0.15, -0.1) is 0 Å². The van der Waals surface area contributed by atoms with Crippen LogP contribution in [0.4, 0.5) is 0 Å². The van der Waals surface area contributed by atoms with Crippen LogP contribution < -0.4 is 16.1 Å². The Kier molecular flexibility index (Phi) is 9.92. The van der Waals surface area contributed by atoms with E-state index in [2.05, 4.69) is 175 Å². The molecule has 1 saturated carbocycles. The third kappa shape index (κ3) is 7.46. The molecule has 0 N–H and O–H groups in total. The lowest BCUT2D eigenvalue weighted by Crippen LogP contribution is -2.46. The summed E-state index contributed by atoms with van der Waals surface area (Å²) in [6.07, 6.45) is 9.88. The van der Waals surface area contributed by atoms with Crippen molar-refractivity contribution in [3.05, 3.63) is 181 Å². The van der Waals surface area contributed by atoms with Crippen molar-refractivity contribution in [2.45, 2.75) is 44.1 Å². The Morgan fingerprint density at radius 1 is 0.711 bits per heavy atom. The van der Waals surface area contributed by atoms with Crippen molar-refractivity contribution < 1.29 is 0 Å². The van der Waals surface area contributed by atoms with E-state index >= 15 is 0 Å². The van der Waals surface area contributed by atoms with Crippen molar-refractivity contribution in [2.75, 3.05) is 0 Å². The number of benzene rings is 5. The van der Waals surface area contributed by atoms with Gasteiger partial charge in [0.25, 0.3) is 0 Å². The lowest BCUT2D eigenvalue weighted by molar-refractivity contribution is 0.596. The van der Waals surface area contributed by atoms with E-state index < -0.39 is 9.52 Å². The molecular weight excluding hydrogens is 559 g/mol. The van der Waals surface area contributed by atoms with Crippen molar-refractivity contribution in [1.82, 2.24) is 9.55 Å². The van der Waals surface area contributed by atoms with Crippen molar-refractivity contribution in [2.24, 2.45) is 5.92 Å². The molecule has 2 nitrogen and oxygen atoms in total. The van der Waals surface area contributed by atoms with Gasteiger partial charge in [-0.2, -0.15) is 0 Å². The van der Waals surface area contributed by atoms with Crippen molar-refractivity contribution in [3.8, 4) is 0 Å². The molecule has 0 bridgehead atoms. The number of nitrogens with zero attached hydrogens (tertiary/aromatic N) is 2. The zero-order chi connectivity index (χ0) is 30.9. The first-order valence-electron chi connectivity index (χ1n) is 16.4. The van der Waals surface area contributed by atoms with Gasteiger partial charge in [-0.1, -0.05) is 194 Å². The first kappa shape index (κ1) is 30.6. The van der Waals surface area contributed by atoms with Crippen molar-refractivity contribution in [3.63, 3.8) is 0 Å². The maximum atomic E-state index is 4.42. The van der Waals surface area contributed by atoms with E-state index in [9.17, 15) is 0 Å². The van der Waals surface area contributed by atoms with Crippen LogP contribution >= 0.6 is 0 Å². The molecule has 0 unspecified atom stereocenters. The Hall–Kier alpha value is -4.41. The molecule has 224 valence electrons. The van der Waals surface area contributed by atoms with Crippen LogP contribution in [0.15, 0.2) is 164 Å². The van der Waals surface area contributed by atoms with Gasteiger partial charge in [-0.05, 0) is 29.0 Å². The molecule has 0 atom stereocenters. The van der Waals surface area contributed by atoms with Crippen LogP contribution in [0.5, 0.6) is 0 Å². The number of hydrogen-bond donors (Lipinski definition) is 0. The second-order valence-electron chi connectivity index (χ2n) is 12.8. The van der Waals surface area contributed by atoms with Crippen molar-refractivity contribution >= 4 is 32.3 Å². The highest BCUT2D eigenvalue weighted by atomic mass is 28.2. The topological polar surface area (TPSA) is 17.8 Å². The highest BCUT2D eigenvalue weighted by Crippen LogP contribution is 2.38. The molecule has 5 aromatic carbocycles. The van der Waals surface area contributed by atoms with Gasteiger partial charge < -0.3 is 4.57 Å². The summed E-state index contributed by atoms with van der Waals surface area (Å²) in [7, 11) is -0.802. The van der Waals surface area contributed by atoms with Crippen LogP contribution in [0.3, 0.4) is 0 Å². The third-order valence-corrected chi connectivity index (χ3v) is 11.5. The fraction of sp³-hybridized carbons (Fsp3) is 0.195. The predicted octanol–water partition coefficient (Wildman–Crippen LogP) is 6.78. The number of hydrogen-bond acceptors (Lipinski definition) is 1. The van der Waals surface area contributed by atoms with Crippen LogP contribution in [0, 0.1) is 5.92 Å². The molecular formula is C41H43BN2Si. The summed E-state index contributed by atoms with van der Waals surface area (Å²) in [4.78, 5) is 4.42. The molecule has 1 aliphatic rings. The van der Waals surface area contributed by atoms with Gasteiger partial charge in [0.05, 0.1) is 21.0 Å². The molecule has 1 aliphatic carbocycles. The first-order valence-corrected chi connectivity index (χ1v) is 17.8. The summed E-state index contributed by atoms with van der Waals surface area (Å²) in [5.41, 5.74) is 7.02. The minimum atomic E-state index is -0.802. The Morgan fingerprint density at radius 3 is 1.71 bits per heavy atom. The summed E-state index contributed by atoms with van der Waals surface area (Å²) < 4.78 is 2.32. The molecule has 45 heavy (non-hydrogen) atoms. The van der Waals surface area contributed by atoms with Crippen LogP contribution in [-0.2, 0) is 11.6 Å². The average molecular weight is 603 g/mol. The first-order chi connectivity index (χ1) is 22.1. The van der Waals surface area contributed by atoms with E-state index in [1.54, 1.807) is 0 Å². The van der Waals surface area contributed by atoms with E-state index in [1.807, 2.05) is 12.5 Å². The van der Waals surface area contributed by atoms with E-state index in [0.717, 1.165) is 12.2 Å². The number of imidazole rings is 1. The maximum absolute atomic E-state index is 4.42. The zero-order valence-electron chi connectivity index (χ0n) is 26.5. The summed E-state index contributed by atoms with van der Waals surface area (Å²) in [6, 6.07) is 52.9. The van der Waals surface area contributed by atoms with Gasteiger partial charge in [-0.3, -0.25) is 0 Å². The summed E-state index contributed by atoms with van der Waals surface area (Å²) in [6.45, 7) is 5.18. The van der Waals surface area contributed by atoms with Crippen molar-refractivity contribution in [1.29, 1.82) is 0 Å². The largest absolute Gasteiger partial charge is 0.326 e. The van der Waals surface area contributed by atoms with E-state index in [-0.39, 0.29) is 5.16 Å². The van der Waals surface area contributed by atoms with Crippen LogP contribution in [0.25, 0.3) is 0 Å². The molecule has 0 aliphatic heterocycles. The molecule has 4 heteroatoms. The molecule has 0 spiro atoms. The Balaban J connectivity index is 0.000000187. The SMILES string of the molecule is CC(C)Cc1cccc([SiH2]C(c2ccccc2)(c2ccccc2)n2ccnc2)c1.c1ccc(B(c2ccccc2)C2CC2)cc1. The molecule has 1 aromatic heterocycles. The smallest absolute Gasteiger partial charge is 0.212 e. The fourth-order valence-corrected chi connectivity index (χ4v) is 9.25. The molecule has 6 aromatic rings. The second-order valence-corrected chi connectivity index (χ2v) is 15.0. The highest BCUT2D eigenvalue weighted by molar-refractivity contribution is 6.86. The number of rotatable bonds is 10. The third-order valence-electron chi connectivity index (χ3n) is 8.95. The fourth-order valence-electron chi connectivity index (χ4n) is 6.79. The highest BCUT2D eigenvalue weighted by Gasteiger charge is 2.37. The van der Waals surface area contributed by atoms with E-state index in [4.69, 9.17) is 0 Å². The normalized spacial score (nSPS) is 13.0. The van der Waals surface area contributed by atoms with Crippen LogP contribution in [0.1, 0.15) is 43.4 Å². The quantitative estimate of drug-likeness (QED) is 0.158. The van der Waals surface area contributed by atoms with Crippen LogP contribution in [0.2, 0.25) is 5.82 Å². The molecule has 7 rings (SSSR count). The standard InChI is InChI=1S/C26H28N2Si.C15H15B/c1-21(2)18-22-10-9-15-25(19-22)29-26(28-17-16-27-20-28,23-11-5-3-6-12-23)24-13-7-4-8-14-24;1-3-7-13(8-4-1)16(15-11-12-15)14-9-5-2-6-10-14/h3-17,19-21H,18,29H2,1-2H3;1-10,15H,11-12H2. The predicted molar refractivity (Wildman–Crippen MR) is 195 cm³/mol. The molecule has 0 saturated heterocycles. The Labute approximate surface area is 272 Å². The molecule has 1 heterocycles. The second kappa shape index (κ2) is 14.6. The minimum Gasteiger partial charge on any atom is -0.326 e. The average Bonchev–Trinajstić information content (AvgIpc) is 3.76. The lowest BCUT2D eigenvalue weighted by atomic mass is 9.37. The lowest BCUT2D eigenvalue weighted by Gasteiger charge is -2.37. The molecule has 0 radical (unpaired) electrons. The molecule has 0 amide bonds. The summed E-state index contributed by atoms with van der Waals surface area (Å²) in [5, 5.41) is 1.26. The van der Waals surface area contributed by atoms with Gasteiger partial charge >= 0.3 is 0 Å². The monoisotopic (exact) mass is 602 g/mol. The van der Waals surface area contributed by atoms with Gasteiger partial charge in [-0.25, -0.2) is 4.98 Å². The minimum absolute atomic E-state index is 0.213. The van der Waals surface area contributed by atoms with Gasteiger partial charge in [0.15, 0.2) is 0 Å².